The molecule has 1 fully saturated rings. The smallest absolute Gasteiger partial charge is 0.147 e. The molecule has 0 bridgehead atoms. The van der Waals surface area contributed by atoms with E-state index in [4.69, 9.17) is 4.74 Å². The third-order valence-corrected chi connectivity index (χ3v) is 5.24. The Morgan fingerprint density at radius 3 is 2.72 bits per heavy atom. The van der Waals surface area contributed by atoms with Crippen LogP contribution < -0.4 is 4.74 Å². The molecule has 0 N–H and O–H groups in total. The summed E-state index contributed by atoms with van der Waals surface area (Å²) in [6, 6.07) is 5.96. The molecule has 0 spiro atoms. The Kier molecular flexibility index (Phi) is 5.28. The van der Waals surface area contributed by atoms with Crippen LogP contribution >= 0.6 is 12.4 Å². The van der Waals surface area contributed by atoms with Crippen molar-refractivity contribution in [3.63, 3.8) is 0 Å². The maximum Gasteiger partial charge on any atom is 0.147 e. The molecular weight excluding hydrogens is 334 g/mol. The van der Waals surface area contributed by atoms with Gasteiger partial charge in [0.15, 0.2) is 0 Å². The Morgan fingerprint density at radius 1 is 1.20 bits per heavy atom. The predicted octanol–water partition coefficient (Wildman–Crippen LogP) is 4.85. The Balaban J connectivity index is 0.00000182. The molecule has 1 aliphatic rings. The van der Waals surface area contributed by atoms with Crippen LogP contribution in [0.4, 0.5) is 0 Å². The Bertz CT molecular complexity index is 856. The van der Waals surface area contributed by atoms with Gasteiger partial charge in [-0.1, -0.05) is 12.5 Å². The van der Waals surface area contributed by atoms with Crippen molar-refractivity contribution in [2.45, 2.75) is 46.3 Å². The second-order valence-electron chi connectivity index (χ2n) is 6.77. The van der Waals surface area contributed by atoms with Gasteiger partial charge in [0.25, 0.3) is 0 Å². The van der Waals surface area contributed by atoms with E-state index in [1.165, 1.54) is 30.5 Å². The summed E-state index contributed by atoms with van der Waals surface area (Å²) in [5.41, 5.74) is 5.85. The van der Waals surface area contributed by atoms with Crippen LogP contribution in [-0.2, 0) is 13.2 Å². The number of nitrogens with zero attached hydrogens (tertiary/aromatic N) is 3. The molecule has 3 aromatic heterocycles. The second-order valence-corrected chi connectivity index (χ2v) is 6.77. The first kappa shape index (κ1) is 17.7. The van der Waals surface area contributed by atoms with Crippen LogP contribution in [0.15, 0.2) is 36.8 Å². The summed E-state index contributed by atoms with van der Waals surface area (Å²) in [6.45, 7) is 5.96. The molecule has 0 saturated heterocycles. The fourth-order valence-electron chi connectivity index (χ4n) is 3.44. The number of ether oxygens (including phenoxy) is 1. The van der Waals surface area contributed by atoms with Gasteiger partial charge in [-0.2, -0.15) is 0 Å². The lowest BCUT2D eigenvalue weighted by Crippen LogP contribution is -2.18. The van der Waals surface area contributed by atoms with E-state index in [-0.39, 0.29) is 12.4 Å². The first-order valence-electron chi connectivity index (χ1n) is 8.70. The summed E-state index contributed by atoms with van der Waals surface area (Å²) >= 11 is 0. The number of fused-ring (bicyclic) bond motifs is 1. The lowest BCUT2D eigenvalue weighted by Gasteiger charge is -2.27. The van der Waals surface area contributed by atoms with Crippen LogP contribution in [-0.4, -0.2) is 14.5 Å². The zero-order chi connectivity index (χ0) is 16.5. The topological polar surface area (TPSA) is 39.9 Å². The number of pyridine rings is 2. The number of rotatable bonds is 5. The highest BCUT2D eigenvalue weighted by molar-refractivity contribution is 5.86. The molecule has 0 amide bonds. The van der Waals surface area contributed by atoms with Crippen molar-refractivity contribution in [3.05, 3.63) is 53.6 Å². The summed E-state index contributed by atoms with van der Waals surface area (Å²) in [7, 11) is 0. The monoisotopic (exact) mass is 357 g/mol. The van der Waals surface area contributed by atoms with Crippen LogP contribution in [0.3, 0.4) is 0 Å². The highest BCUT2D eigenvalue weighted by atomic mass is 35.5. The minimum Gasteiger partial charge on any atom is -0.487 e. The largest absolute Gasteiger partial charge is 0.487 e. The van der Waals surface area contributed by atoms with E-state index in [9.17, 15) is 0 Å². The quantitative estimate of drug-likeness (QED) is 0.655. The number of hydrogen-bond acceptors (Lipinski definition) is 3. The maximum absolute atomic E-state index is 6.15. The van der Waals surface area contributed by atoms with Gasteiger partial charge in [-0.3, -0.25) is 9.97 Å². The number of aromatic nitrogens is 3. The first-order chi connectivity index (χ1) is 11.7. The van der Waals surface area contributed by atoms with Crippen LogP contribution in [0.2, 0.25) is 0 Å². The van der Waals surface area contributed by atoms with Gasteiger partial charge in [-0.25, -0.2) is 0 Å². The highest BCUT2D eigenvalue weighted by Gasteiger charge is 2.22. The summed E-state index contributed by atoms with van der Waals surface area (Å²) in [5, 5.41) is 0. The molecule has 25 heavy (non-hydrogen) atoms. The normalized spacial score (nSPS) is 14.2. The van der Waals surface area contributed by atoms with Gasteiger partial charge in [0.2, 0.25) is 0 Å². The molecule has 4 nitrogen and oxygen atoms in total. The van der Waals surface area contributed by atoms with E-state index in [2.05, 4.69) is 28.4 Å². The lowest BCUT2D eigenvalue weighted by atomic mass is 9.85. The zero-order valence-corrected chi connectivity index (χ0v) is 15.6. The Morgan fingerprint density at radius 2 is 2.04 bits per heavy atom. The van der Waals surface area contributed by atoms with E-state index >= 15 is 0 Å². The lowest BCUT2D eigenvalue weighted by molar-refractivity contribution is 0.275. The molecule has 0 atom stereocenters. The van der Waals surface area contributed by atoms with Gasteiger partial charge in [0, 0.05) is 42.5 Å². The van der Waals surface area contributed by atoms with Crippen LogP contribution in [0.1, 0.15) is 36.1 Å². The fraction of sp³-hybridized carbons (Fsp3) is 0.400. The van der Waals surface area contributed by atoms with E-state index in [0.717, 1.165) is 34.8 Å². The van der Waals surface area contributed by atoms with Crippen molar-refractivity contribution in [2.75, 3.05) is 0 Å². The number of aryl methyl sites for hydroxylation is 1. The molecule has 0 aliphatic heterocycles. The highest BCUT2D eigenvalue weighted by Crippen LogP contribution is 2.35. The molecule has 5 heteroatoms. The molecule has 132 valence electrons. The van der Waals surface area contributed by atoms with E-state index in [0.29, 0.717) is 6.61 Å². The van der Waals surface area contributed by atoms with Crippen molar-refractivity contribution in [1.29, 1.82) is 0 Å². The first-order valence-corrected chi connectivity index (χ1v) is 8.70. The molecule has 3 heterocycles. The summed E-state index contributed by atoms with van der Waals surface area (Å²) in [5.74, 6) is 1.71. The predicted molar refractivity (Wildman–Crippen MR) is 102 cm³/mol. The molecular formula is C20H24ClN3O. The summed E-state index contributed by atoms with van der Waals surface area (Å²) in [4.78, 5) is 8.77. The van der Waals surface area contributed by atoms with Gasteiger partial charge >= 0.3 is 0 Å². The average molecular weight is 358 g/mol. The van der Waals surface area contributed by atoms with E-state index in [1.807, 2.05) is 30.6 Å². The number of hydrogen-bond donors (Lipinski definition) is 0. The third kappa shape index (κ3) is 3.36. The minimum absolute atomic E-state index is 0. The third-order valence-electron chi connectivity index (χ3n) is 5.24. The zero-order valence-electron chi connectivity index (χ0n) is 14.7. The summed E-state index contributed by atoms with van der Waals surface area (Å²) in [6.07, 6.45) is 9.52. The van der Waals surface area contributed by atoms with Crippen molar-refractivity contribution in [2.24, 2.45) is 5.92 Å². The van der Waals surface area contributed by atoms with Crippen LogP contribution in [0.5, 0.6) is 5.75 Å². The van der Waals surface area contributed by atoms with Crippen molar-refractivity contribution in [3.8, 4) is 5.75 Å². The van der Waals surface area contributed by atoms with Crippen LogP contribution in [0, 0.1) is 19.8 Å². The molecule has 3 aromatic rings. The summed E-state index contributed by atoms with van der Waals surface area (Å²) < 4.78 is 8.56. The Labute approximate surface area is 154 Å². The van der Waals surface area contributed by atoms with Crippen LogP contribution in [0.25, 0.3) is 11.0 Å². The van der Waals surface area contributed by atoms with Gasteiger partial charge in [-0.05, 0) is 44.2 Å². The van der Waals surface area contributed by atoms with E-state index in [1.54, 1.807) is 6.20 Å². The standard InChI is InChI=1S/C20H23N3O.ClH/c1-14-15(2)23(12-16-5-3-6-16)20-18(8-10-22-19(14)20)24-13-17-7-4-9-21-11-17;/h4,7-11,16H,3,5-6,12-13H2,1-2H3;1H. The van der Waals surface area contributed by atoms with Crippen molar-refractivity contribution < 1.29 is 4.74 Å². The van der Waals surface area contributed by atoms with Crippen molar-refractivity contribution >= 4 is 23.4 Å². The number of halogens is 1. The van der Waals surface area contributed by atoms with Gasteiger partial charge in [-0.15, -0.1) is 12.4 Å². The fourth-order valence-corrected chi connectivity index (χ4v) is 3.44. The molecule has 1 saturated carbocycles. The van der Waals surface area contributed by atoms with E-state index < -0.39 is 0 Å². The molecule has 0 aromatic carbocycles. The molecule has 0 unspecified atom stereocenters. The molecule has 0 radical (unpaired) electrons. The second kappa shape index (κ2) is 7.44. The minimum atomic E-state index is 0. The van der Waals surface area contributed by atoms with Gasteiger partial charge in [0.1, 0.15) is 17.9 Å². The molecule has 4 rings (SSSR count). The molecule has 1 aliphatic carbocycles. The maximum atomic E-state index is 6.15. The van der Waals surface area contributed by atoms with Gasteiger partial charge < -0.3 is 9.30 Å². The SMILES string of the molecule is Cc1c(C)n(CC2CCC2)c2c(OCc3cccnc3)ccnc12.Cl. The van der Waals surface area contributed by atoms with Gasteiger partial charge in [0.05, 0.1) is 5.52 Å². The average Bonchev–Trinajstić information content (AvgIpc) is 2.82. The van der Waals surface area contributed by atoms with Crippen molar-refractivity contribution in [1.82, 2.24) is 14.5 Å². The Hall–Kier alpha value is -2.07.